The third-order valence-corrected chi connectivity index (χ3v) is 4.64. The van der Waals surface area contributed by atoms with Crippen LogP contribution in [-0.4, -0.2) is 33.7 Å². The van der Waals surface area contributed by atoms with E-state index >= 15 is 0 Å². The second-order valence-electron chi connectivity index (χ2n) is 7.11. The number of nitrogens with one attached hydrogen (secondary N) is 3. The first kappa shape index (κ1) is 22.9. The normalized spacial score (nSPS) is 10.5. The van der Waals surface area contributed by atoms with Gasteiger partial charge in [-0.15, -0.1) is 0 Å². The molecule has 35 heavy (non-hydrogen) atoms. The number of benzene rings is 2. The minimum Gasteiger partial charge on any atom is -0.484 e. The van der Waals surface area contributed by atoms with Gasteiger partial charge in [0.25, 0.3) is 11.5 Å². The van der Waals surface area contributed by atoms with Crippen molar-refractivity contribution in [2.24, 2.45) is 5.10 Å². The molecule has 0 spiro atoms. The number of nitriles is 1. The molecule has 2 aromatic carbocycles. The highest BCUT2D eigenvalue weighted by molar-refractivity contribution is 5.90. The number of pyridine rings is 1. The van der Waals surface area contributed by atoms with E-state index in [-0.39, 0.29) is 29.7 Å². The lowest BCUT2D eigenvalue weighted by atomic mass is 10.1. The smallest absolute Gasteiger partial charge is 0.270 e. The second kappa shape index (κ2) is 11.0. The topological polar surface area (TPSA) is 145 Å². The lowest BCUT2D eigenvalue weighted by Gasteiger charge is -2.07. The van der Waals surface area contributed by atoms with Crippen molar-refractivity contribution in [3.8, 4) is 23.1 Å². The fourth-order valence-electron chi connectivity index (χ4n) is 3.02. The standard InChI is InChI=1S/C25H19N7O3/c26-14-20-23(18-6-2-1-3-7-18)30-25(31-24(20)34)32-28-15-17-9-11-19(12-10-17)35-16-22(33)29-21-8-4-5-13-27-21/h1-13,15H,16H2,(H,27,29,33)(H2,30,31,32,34). The molecular formula is C25H19N7O3. The first-order chi connectivity index (χ1) is 17.1. The third kappa shape index (κ3) is 6.15. The van der Waals surface area contributed by atoms with Crippen LogP contribution < -0.4 is 21.0 Å². The molecule has 0 fully saturated rings. The summed E-state index contributed by atoms with van der Waals surface area (Å²) in [5.41, 5.74) is 3.69. The van der Waals surface area contributed by atoms with Crippen LogP contribution in [0.25, 0.3) is 11.3 Å². The van der Waals surface area contributed by atoms with E-state index in [1.807, 2.05) is 12.1 Å². The number of ether oxygens (including phenoxy) is 1. The fourth-order valence-corrected chi connectivity index (χ4v) is 3.02. The zero-order chi connectivity index (χ0) is 24.5. The second-order valence-corrected chi connectivity index (χ2v) is 7.11. The molecule has 0 aliphatic carbocycles. The third-order valence-electron chi connectivity index (χ3n) is 4.64. The van der Waals surface area contributed by atoms with Crippen LogP contribution in [0.4, 0.5) is 11.8 Å². The lowest BCUT2D eigenvalue weighted by molar-refractivity contribution is -0.118. The summed E-state index contributed by atoms with van der Waals surface area (Å²) in [6.07, 6.45) is 3.11. The number of H-pyrrole nitrogens is 1. The van der Waals surface area contributed by atoms with E-state index in [2.05, 4.69) is 30.8 Å². The molecule has 10 nitrogen and oxygen atoms in total. The molecule has 4 rings (SSSR count). The molecular weight excluding hydrogens is 446 g/mol. The monoisotopic (exact) mass is 465 g/mol. The first-order valence-electron chi connectivity index (χ1n) is 10.4. The van der Waals surface area contributed by atoms with Gasteiger partial charge in [0.1, 0.15) is 23.2 Å². The van der Waals surface area contributed by atoms with Gasteiger partial charge in [-0.2, -0.15) is 10.4 Å². The van der Waals surface area contributed by atoms with Crippen LogP contribution in [0.2, 0.25) is 0 Å². The van der Waals surface area contributed by atoms with E-state index in [4.69, 9.17) is 4.74 Å². The number of anilines is 2. The quantitative estimate of drug-likeness (QED) is 0.268. The number of aromatic amines is 1. The number of hydrazone groups is 1. The molecule has 10 heteroatoms. The minimum absolute atomic E-state index is 0.0740. The molecule has 0 bridgehead atoms. The number of nitrogens with zero attached hydrogens (tertiary/aromatic N) is 4. The molecule has 1 amide bonds. The molecule has 0 saturated carbocycles. The molecule has 2 heterocycles. The van der Waals surface area contributed by atoms with Gasteiger partial charge in [-0.05, 0) is 42.0 Å². The van der Waals surface area contributed by atoms with Crippen LogP contribution in [0.5, 0.6) is 5.75 Å². The van der Waals surface area contributed by atoms with Gasteiger partial charge in [-0.1, -0.05) is 36.4 Å². The predicted octanol–water partition coefficient (Wildman–Crippen LogP) is 3.17. The number of rotatable bonds is 8. The number of aromatic nitrogens is 3. The molecule has 0 atom stereocenters. The number of hydrogen-bond donors (Lipinski definition) is 3. The van der Waals surface area contributed by atoms with Crippen LogP contribution in [0.15, 0.2) is 88.9 Å². The highest BCUT2D eigenvalue weighted by Crippen LogP contribution is 2.19. The summed E-state index contributed by atoms with van der Waals surface area (Å²) in [4.78, 5) is 35.1. The van der Waals surface area contributed by atoms with Gasteiger partial charge in [0.15, 0.2) is 6.61 Å². The van der Waals surface area contributed by atoms with Crippen molar-refractivity contribution in [1.29, 1.82) is 5.26 Å². The van der Waals surface area contributed by atoms with Crippen molar-refractivity contribution < 1.29 is 9.53 Å². The molecule has 0 saturated heterocycles. The van der Waals surface area contributed by atoms with Gasteiger partial charge in [0.2, 0.25) is 5.95 Å². The molecule has 0 unspecified atom stereocenters. The number of hydrogen-bond acceptors (Lipinski definition) is 8. The number of amides is 1. The maximum atomic E-state index is 12.3. The average molecular weight is 465 g/mol. The predicted molar refractivity (Wildman–Crippen MR) is 131 cm³/mol. The van der Waals surface area contributed by atoms with Crippen LogP contribution in [0.1, 0.15) is 11.1 Å². The van der Waals surface area contributed by atoms with Crippen molar-refractivity contribution >= 4 is 23.9 Å². The fraction of sp³-hybridized carbons (Fsp3) is 0.0400. The highest BCUT2D eigenvalue weighted by Gasteiger charge is 2.12. The summed E-state index contributed by atoms with van der Waals surface area (Å²) < 4.78 is 5.48. The van der Waals surface area contributed by atoms with Gasteiger partial charge in [-0.25, -0.2) is 15.4 Å². The Labute approximate surface area is 200 Å². The van der Waals surface area contributed by atoms with Crippen molar-refractivity contribution in [2.75, 3.05) is 17.3 Å². The zero-order valence-corrected chi connectivity index (χ0v) is 18.3. The molecule has 0 aliphatic heterocycles. The summed E-state index contributed by atoms with van der Waals surface area (Å²) in [5.74, 6) is 0.742. The van der Waals surface area contributed by atoms with E-state index < -0.39 is 5.56 Å². The van der Waals surface area contributed by atoms with E-state index in [0.717, 1.165) is 5.56 Å². The van der Waals surface area contributed by atoms with Gasteiger partial charge >= 0.3 is 0 Å². The Balaban J connectivity index is 1.36. The molecule has 172 valence electrons. The lowest BCUT2D eigenvalue weighted by Crippen LogP contribution is -2.20. The van der Waals surface area contributed by atoms with E-state index in [0.29, 0.717) is 17.1 Å². The Bertz CT molecular complexity index is 1430. The van der Waals surface area contributed by atoms with E-state index in [1.165, 1.54) is 6.21 Å². The maximum absolute atomic E-state index is 12.3. The van der Waals surface area contributed by atoms with E-state index in [1.54, 1.807) is 72.9 Å². The van der Waals surface area contributed by atoms with Crippen molar-refractivity contribution in [2.45, 2.75) is 0 Å². The Morgan fingerprint density at radius 2 is 1.86 bits per heavy atom. The molecule has 3 N–H and O–H groups in total. The van der Waals surface area contributed by atoms with Crippen LogP contribution in [0, 0.1) is 11.3 Å². The SMILES string of the molecule is N#Cc1c(-c2ccccc2)nc(NN=Cc2ccc(OCC(=O)Nc3ccccn3)cc2)[nH]c1=O. The maximum Gasteiger partial charge on any atom is 0.270 e. The van der Waals surface area contributed by atoms with Crippen molar-refractivity contribution in [3.05, 3.63) is 100 Å². The van der Waals surface area contributed by atoms with Gasteiger partial charge in [0.05, 0.1) is 11.9 Å². The first-order valence-corrected chi connectivity index (χ1v) is 10.4. The number of carbonyl (C=O) groups excluding carboxylic acids is 1. The summed E-state index contributed by atoms with van der Waals surface area (Å²) >= 11 is 0. The van der Waals surface area contributed by atoms with Gasteiger partial charge in [0, 0.05) is 11.8 Å². The average Bonchev–Trinajstić information content (AvgIpc) is 2.89. The Morgan fingerprint density at radius 1 is 1.09 bits per heavy atom. The Morgan fingerprint density at radius 3 is 2.57 bits per heavy atom. The van der Waals surface area contributed by atoms with Crippen LogP contribution in [0.3, 0.4) is 0 Å². The summed E-state index contributed by atoms with van der Waals surface area (Å²) in [6, 6.07) is 23.0. The Kier molecular flexibility index (Phi) is 7.20. The molecule has 4 aromatic rings. The van der Waals surface area contributed by atoms with E-state index in [9.17, 15) is 14.9 Å². The zero-order valence-electron chi connectivity index (χ0n) is 18.3. The van der Waals surface area contributed by atoms with Gasteiger partial charge in [-0.3, -0.25) is 14.6 Å². The minimum atomic E-state index is -0.562. The molecule has 2 aromatic heterocycles. The van der Waals surface area contributed by atoms with Gasteiger partial charge < -0.3 is 10.1 Å². The van der Waals surface area contributed by atoms with Crippen LogP contribution in [-0.2, 0) is 4.79 Å². The van der Waals surface area contributed by atoms with Crippen molar-refractivity contribution in [3.63, 3.8) is 0 Å². The Hall–Kier alpha value is -5.30. The largest absolute Gasteiger partial charge is 0.484 e. The molecule has 0 aliphatic rings. The highest BCUT2D eigenvalue weighted by atomic mass is 16.5. The number of carbonyl (C=O) groups is 1. The van der Waals surface area contributed by atoms with Crippen LogP contribution >= 0.6 is 0 Å². The summed E-state index contributed by atoms with van der Waals surface area (Å²) in [7, 11) is 0. The molecule has 0 radical (unpaired) electrons. The van der Waals surface area contributed by atoms with Crippen molar-refractivity contribution in [1.82, 2.24) is 15.0 Å². The summed E-state index contributed by atoms with van der Waals surface area (Å²) in [5, 5.41) is 16.1. The summed E-state index contributed by atoms with van der Waals surface area (Å²) in [6.45, 7) is -0.160.